The van der Waals surface area contributed by atoms with Gasteiger partial charge in [0.1, 0.15) is 12.4 Å². The van der Waals surface area contributed by atoms with Crippen molar-refractivity contribution in [2.45, 2.75) is 13.3 Å². The lowest BCUT2D eigenvalue weighted by Crippen LogP contribution is -2.40. The maximum Gasteiger partial charge on any atom is 0.300 e. The molecular formula is C13H13FN2O3. The second-order valence-corrected chi connectivity index (χ2v) is 4.21. The summed E-state index contributed by atoms with van der Waals surface area (Å²) in [4.78, 5) is 35.9. The molecule has 1 heterocycles. The van der Waals surface area contributed by atoms with Crippen LogP contribution >= 0.6 is 0 Å². The first-order chi connectivity index (χ1) is 9.06. The summed E-state index contributed by atoms with van der Waals surface area (Å²) in [5.41, 5.74) is -0.0996. The Morgan fingerprint density at radius 2 is 2.11 bits per heavy atom. The van der Waals surface area contributed by atoms with Crippen molar-refractivity contribution in [3.05, 3.63) is 29.6 Å². The fraction of sp³-hybridized carbons (Fsp3) is 0.308. The van der Waals surface area contributed by atoms with Crippen LogP contribution in [-0.2, 0) is 9.59 Å². The molecule has 6 heteroatoms. The Balaban J connectivity index is 2.26. The van der Waals surface area contributed by atoms with E-state index in [1.54, 1.807) is 0 Å². The number of nitrogens with one attached hydrogen (secondary N) is 1. The van der Waals surface area contributed by atoms with Gasteiger partial charge >= 0.3 is 0 Å². The third-order valence-electron chi connectivity index (χ3n) is 2.81. The van der Waals surface area contributed by atoms with E-state index in [4.69, 9.17) is 0 Å². The first-order valence-electron chi connectivity index (χ1n) is 5.97. The van der Waals surface area contributed by atoms with Crippen molar-refractivity contribution < 1.29 is 18.8 Å². The smallest absolute Gasteiger partial charge is 0.300 e. The topological polar surface area (TPSA) is 66.5 Å². The van der Waals surface area contributed by atoms with Crippen LogP contribution in [0.25, 0.3) is 0 Å². The van der Waals surface area contributed by atoms with Crippen LogP contribution in [0, 0.1) is 5.82 Å². The molecule has 1 aromatic rings. The van der Waals surface area contributed by atoms with E-state index >= 15 is 0 Å². The average molecular weight is 264 g/mol. The first kappa shape index (κ1) is 13.2. The highest BCUT2D eigenvalue weighted by atomic mass is 19.1. The zero-order chi connectivity index (χ0) is 14.0. The average Bonchev–Trinajstić information content (AvgIpc) is 2.63. The van der Waals surface area contributed by atoms with Crippen LogP contribution in [0.15, 0.2) is 18.2 Å². The van der Waals surface area contributed by atoms with Gasteiger partial charge in [-0.3, -0.25) is 19.3 Å². The van der Waals surface area contributed by atoms with Crippen LogP contribution in [-0.4, -0.2) is 30.7 Å². The number of fused-ring (bicyclic) bond motifs is 1. The van der Waals surface area contributed by atoms with E-state index in [2.05, 4.69) is 5.32 Å². The number of amides is 2. The van der Waals surface area contributed by atoms with Crippen molar-refractivity contribution in [1.82, 2.24) is 5.32 Å². The molecular weight excluding hydrogens is 251 g/mol. The van der Waals surface area contributed by atoms with Crippen molar-refractivity contribution in [2.24, 2.45) is 0 Å². The molecule has 100 valence electrons. The van der Waals surface area contributed by atoms with Gasteiger partial charge in [0.25, 0.3) is 11.7 Å². The van der Waals surface area contributed by atoms with Crippen molar-refractivity contribution in [3.8, 4) is 0 Å². The molecule has 5 nitrogen and oxygen atoms in total. The predicted octanol–water partition coefficient (Wildman–Crippen LogP) is 0.881. The number of ketones is 1. The van der Waals surface area contributed by atoms with Crippen molar-refractivity contribution in [1.29, 1.82) is 0 Å². The molecule has 0 aliphatic carbocycles. The monoisotopic (exact) mass is 264 g/mol. The van der Waals surface area contributed by atoms with Crippen molar-refractivity contribution >= 4 is 23.3 Å². The number of carbonyl (C=O) groups is 3. The van der Waals surface area contributed by atoms with E-state index in [-0.39, 0.29) is 17.8 Å². The van der Waals surface area contributed by atoms with E-state index in [9.17, 15) is 18.8 Å². The molecule has 0 saturated heterocycles. The molecule has 1 aliphatic rings. The summed E-state index contributed by atoms with van der Waals surface area (Å²) in [6.45, 7) is 2.01. The minimum atomic E-state index is -0.869. The summed E-state index contributed by atoms with van der Waals surface area (Å²) in [5.74, 6) is -2.75. The molecule has 0 unspecified atom stereocenters. The van der Waals surface area contributed by atoms with Gasteiger partial charge in [-0.15, -0.1) is 0 Å². The number of halogens is 1. The summed E-state index contributed by atoms with van der Waals surface area (Å²) in [6, 6.07) is 3.89. The molecule has 1 aliphatic heterocycles. The third-order valence-corrected chi connectivity index (χ3v) is 2.81. The summed E-state index contributed by atoms with van der Waals surface area (Å²) < 4.78 is 13.7. The number of anilines is 1. The summed E-state index contributed by atoms with van der Waals surface area (Å²) in [6.07, 6.45) is 0.754. The Morgan fingerprint density at radius 3 is 2.79 bits per heavy atom. The quantitative estimate of drug-likeness (QED) is 0.821. The number of rotatable bonds is 4. The molecule has 2 amide bonds. The van der Waals surface area contributed by atoms with Crippen LogP contribution in [0.5, 0.6) is 0 Å². The molecule has 0 atom stereocenters. The Bertz CT molecular complexity index is 557. The molecule has 0 bridgehead atoms. The number of nitrogens with zero attached hydrogens (tertiary/aromatic N) is 1. The second-order valence-electron chi connectivity index (χ2n) is 4.21. The number of hydrogen-bond donors (Lipinski definition) is 1. The van der Waals surface area contributed by atoms with Gasteiger partial charge in [-0.25, -0.2) is 4.39 Å². The molecule has 0 radical (unpaired) electrons. The lowest BCUT2D eigenvalue weighted by molar-refractivity contribution is -0.122. The van der Waals surface area contributed by atoms with Crippen molar-refractivity contribution in [3.63, 3.8) is 0 Å². The predicted molar refractivity (Wildman–Crippen MR) is 66.4 cm³/mol. The zero-order valence-corrected chi connectivity index (χ0v) is 10.4. The Labute approximate surface area is 109 Å². The van der Waals surface area contributed by atoms with E-state index < -0.39 is 23.4 Å². The van der Waals surface area contributed by atoms with Crippen LogP contribution < -0.4 is 10.2 Å². The van der Waals surface area contributed by atoms with Gasteiger partial charge < -0.3 is 5.32 Å². The highest BCUT2D eigenvalue weighted by Crippen LogP contribution is 2.31. The second kappa shape index (κ2) is 5.17. The standard InChI is InChI=1S/C13H13FN2O3/c1-2-6-15-10(17)7-16-11-8(12(18)13(16)19)4-3-5-9(11)14/h3-5H,2,6-7H2,1H3,(H,15,17). The van der Waals surface area contributed by atoms with Gasteiger partial charge in [0.05, 0.1) is 11.3 Å². The number of Topliss-reactive ketones (excluding diaryl/α,β-unsaturated/α-hetero) is 1. The Hall–Kier alpha value is -2.24. The van der Waals surface area contributed by atoms with Crippen LogP contribution in [0.2, 0.25) is 0 Å². The molecule has 0 saturated carbocycles. The number of hydrogen-bond acceptors (Lipinski definition) is 3. The number of carbonyl (C=O) groups excluding carboxylic acids is 3. The lowest BCUT2D eigenvalue weighted by Gasteiger charge is -2.16. The van der Waals surface area contributed by atoms with Crippen LogP contribution in [0.1, 0.15) is 23.7 Å². The molecule has 1 N–H and O–H groups in total. The zero-order valence-electron chi connectivity index (χ0n) is 10.4. The molecule has 2 rings (SSSR count). The fourth-order valence-electron chi connectivity index (χ4n) is 1.93. The normalized spacial score (nSPS) is 13.7. The molecule has 0 aromatic heterocycles. The summed E-state index contributed by atoms with van der Waals surface area (Å²) in [7, 11) is 0. The van der Waals surface area contributed by atoms with Gasteiger partial charge in [0, 0.05) is 6.54 Å². The Morgan fingerprint density at radius 1 is 1.37 bits per heavy atom. The SMILES string of the molecule is CCCNC(=O)CN1C(=O)C(=O)c2cccc(F)c21. The first-order valence-corrected chi connectivity index (χ1v) is 5.97. The highest BCUT2D eigenvalue weighted by Gasteiger charge is 2.38. The maximum atomic E-state index is 13.7. The number of para-hydroxylation sites is 1. The largest absolute Gasteiger partial charge is 0.355 e. The lowest BCUT2D eigenvalue weighted by atomic mass is 10.1. The molecule has 1 aromatic carbocycles. The molecule has 0 fully saturated rings. The van der Waals surface area contributed by atoms with E-state index in [1.807, 2.05) is 6.92 Å². The fourth-order valence-corrected chi connectivity index (χ4v) is 1.93. The van der Waals surface area contributed by atoms with Crippen molar-refractivity contribution in [2.75, 3.05) is 18.0 Å². The van der Waals surface area contributed by atoms with Crippen LogP contribution in [0.4, 0.5) is 10.1 Å². The summed E-state index contributed by atoms with van der Waals surface area (Å²) in [5, 5.41) is 2.58. The van der Waals surface area contributed by atoms with E-state index in [0.29, 0.717) is 6.54 Å². The third kappa shape index (κ3) is 2.33. The summed E-state index contributed by atoms with van der Waals surface area (Å²) >= 11 is 0. The molecule has 19 heavy (non-hydrogen) atoms. The number of benzene rings is 1. The minimum absolute atomic E-state index is 0.00768. The van der Waals surface area contributed by atoms with Gasteiger partial charge in [-0.2, -0.15) is 0 Å². The van der Waals surface area contributed by atoms with Gasteiger partial charge in [-0.05, 0) is 18.6 Å². The van der Waals surface area contributed by atoms with Gasteiger partial charge in [-0.1, -0.05) is 13.0 Å². The van der Waals surface area contributed by atoms with Gasteiger partial charge in [0.15, 0.2) is 0 Å². The van der Waals surface area contributed by atoms with E-state index in [1.165, 1.54) is 12.1 Å². The molecule has 0 spiro atoms. The Kier molecular flexibility index (Phi) is 3.59. The van der Waals surface area contributed by atoms with Crippen LogP contribution in [0.3, 0.4) is 0 Å². The minimum Gasteiger partial charge on any atom is -0.355 e. The maximum absolute atomic E-state index is 13.7. The van der Waals surface area contributed by atoms with E-state index in [0.717, 1.165) is 17.4 Å². The van der Waals surface area contributed by atoms with Gasteiger partial charge in [0.2, 0.25) is 5.91 Å². The highest BCUT2D eigenvalue weighted by molar-refractivity contribution is 6.52.